The smallest absolute Gasteiger partial charge is 0.227 e. The van der Waals surface area contributed by atoms with Crippen molar-refractivity contribution in [3.8, 4) is 6.07 Å². The van der Waals surface area contributed by atoms with Crippen molar-refractivity contribution in [3.63, 3.8) is 0 Å². The molecule has 1 N–H and O–H groups in total. The van der Waals surface area contributed by atoms with Gasteiger partial charge in [-0.3, -0.25) is 4.79 Å². The maximum Gasteiger partial charge on any atom is 0.227 e. The highest BCUT2D eigenvalue weighted by molar-refractivity contribution is 5.94. The summed E-state index contributed by atoms with van der Waals surface area (Å²) >= 11 is 0. The lowest BCUT2D eigenvalue weighted by atomic mass is 9.96. The number of carbonyl (C=O) groups excluding carboxylic acids is 1. The van der Waals surface area contributed by atoms with Crippen LogP contribution in [0.5, 0.6) is 0 Å². The monoisotopic (exact) mass is 389 g/mol. The molecule has 0 bridgehead atoms. The van der Waals surface area contributed by atoms with Crippen LogP contribution in [0.2, 0.25) is 0 Å². The molecule has 0 aliphatic carbocycles. The van der Waals surface area contributed by atoms with Crippen LogP contribution in [0.25, 0.3) is 11.0 Å². The number of fused-ring (bicyclic) bond motifs is 1. The number of pyridine rings is 2. The molecule has 0 spiro atoms. The van der Waals surface area contributed by atoms with Gasteiger partial charge in [0.15, 0.2) is 5.65 Å². The highest BCUT2D eigenvalue weighted by Crippen LogP contribution is 2.24. The fourth-order valence-electron chi connectivity index (χ4n) is 3.64. The minimum atomic E-state index is -0.0429. The number of hydrogen-bond donors (Lipinski definition) is 1. The van der Waals surface area contributed by atoms with E-state index in [-0.39, 0.29) is 17.9 Å². The zero-order valence-electron chi connectivity index (χ0n) is 16.5. The Bertz CT molecular complexity index is 1060. The van der Waals surface area contributed by atoms with Crippen LogP contribution in [-0.4, -0.2) is 38.7 Å². The summed E-state index contributed by atoms with van der Waals surface area (Å²) in [5, 5.41) is 17.2. The van der Waals surface area contributed by atoms with Crippen LogP contribution in [-0.2, 0) is 4.79 Å². The van der Waals surface area contributed by atoms with Gasteiger partial charge in [-0.1, -0.05) is 0 Å². The first kappa shape index (κ1) is 18.9. The van der Waals surface area contributed by atoms with E-state index in [0.29, 0.717) is 11.3 Å². The molecular weight excluding hydrogens is 366 g/mol. The molecule has 0 saturated carbocycles. The van der Waals surface area contributed by atoms with Gasteiger partial charge < -0.3 is 10.2 Å². The summed E-state index contributed by atoms with van der Waals surface area (Å²) in [6.07, 6.45) is 6.57. The Balaban J connectivity index is 1.37. The second-order valence-corrected chi connectivity index (χ2v) is 7.59. The molecule has 1 saturated heterocycles. The van der Waals surface area contributed by atoms with Gasteiger partial charge in [0.25, 0.3) is 0 Å². The van der Waals surface area contributed by atoms with Crippen LogP contribution in [0, 0.1) is 17.2 Å². The lowest BCUT2D eigenvalue weighted by Gasteiger charge is -2.32. The summed E-state index contributed by atoms with van der Waals surface area (Å²) in [4.78, 5) is 23.7. The van der Waals surface area contributed by atoms with Crippen LogP contribution in [0.1, 0.15) is 38.3 Å². The van der Waals surface area contributed by atoms with Gasteiger partial charge in [0, 0.05) is 36.6 Å². The Kier molecular flexibility index (Phi) is 5.12. The molecule has 0 aromatic carbocycles. The third-order valence-corrected chi connectivity index (χ3v) is 5.26. The number of nitriles is 1. The Labute approximate surface area is 169 Å². The maximum atomic E-state index is 12.7. The summed E-state index contributed by atoms with van der Waals surface area (Å²) in [7, 11) is 0. The van der Waals surface area contributed by atoms with Gasteiger partial charge in [-0.05, 0) is 44.9 Å². The summed E-state index contributed by atoms with van der Waals surface area (Å²) in [5.74, 6) is 0.827. The molecular formula is C21H23N7O. The standard InChI is InChI=1S/C21H23N7O/c1-14(2)28-20-17(12-25-28)9-18(13-24-20)26-21(29)16-5-7-27(8-6-16)19-4-3-15(10-22)11-23-19/h3-4,9,11-14,16H,5-8H2,1-2H3,(H,26,29). The summed E-state index contributed by atoms with van der Waals surface area (Å²) in [5.41, 5.74) is 2.07. The average Bonchev–Trinajstić information content (AvgIpc) is 3.17. The van der Waals surface area contributed by atoms with Crippen LogP contribution in [0.15, 0.2) is 36.8 Å². The van der Waals surface area contributed by atoms with E-state index in [9.17, 15) is 4.79 Å². The van der Waals surface area contributed by atoms with Gasteiger partial charge in [0.1, 0.15) is 11.9 Å². The lowest BCUT2D eigenvalue weighted by Crippen LogP contribution is -2.38. The average molecular weight is 389 g/mol. The largest absolute Gasteiger partial charge is 0.357 e. The van der Waals surface area contributed by atoms with Crippen molar-refractivity contribution in [1.82, 2.24) is 19.7 Å². The van der Waals surface area contributed by atoms with Crippen molar-refractivity contribution in [2.75, 3.05) is 23.3 Å². The number of hydrogen-bond acceptors (Lipinski definition) is 6. The van der Waals surface area contributed by atoms with Crippen LogP contribution < -0.4 is 10.2 Å². The second-order valence-electron chi connectivity index (χ2n) is 7.59. The van der Waals surface area contributed by atoms with Crippen molar-refractivity contribution in [2.45, 2.75) is 32.7 Å². The highest BCUT2D eigenvalue weighted by atomic mass is 16.1. The molecule has 1 amide bonds. The first-order valence-electron chi connectivity index (χ1n) is 9.80. The van der Waals surface area contributed by atoms with E-state index in [0.717, 1.165) is 42.8 Å². The van der Waals surface area contributed by atoms with Gasteiger partial charge in [-0.15, -0.1) is 0 Å². The molecule has 0 atom stereocenters. The SMILES string of the molecule is CC(C)n1ncc2cc(NC(=O)C3CCN(c4ccc(C#N)cn4)CC3)cnc21. The summed E-state index contributed by atoms with van der Waals surface area (Å²) in [6, 6.07) is 7.85. The molecule has 0 unspecified atom stereocenters. The number of anilines is 2. The first-order chi connectivity index (χ1) is 14.0. The Morgan fingerprint density at radius 2 is 2.00 bits per heavy atom. The van der Waals surface area contributed by atoms with Gasteiger partial charge in [0.2, 0.25) is 5.91 Å². The number of rotatable bonds is 4. The normalized spacial score (nSPS) is 14.9. The zero-order chi connectivity index (χ0) is 20.4. The van der Waals surface area contributed by atoms with E-state index in [1.54, 1.807) is 24.7 Å². The molecule has 1 aliphatic rings. The third-order valence-electron chi connectivity index (χ3n) is 5.26. The Hall–Kier alpha value is -3.47. The van der Waals surface area contributed by atoms with Crippen molar-refractivity contribution >= 4 is 28.4 Å². The number of piperidine rings is 1. The van der Waals surface area contributed by atoms with E-state index in [1.165, 1.54) is 0 Å². The van der Waals surface area contributed by atoms with Crippen molar-refractivity contribution in [2.24, 2.45) is 5.92 Å². The first-order valence-corrected chi connectivity index (χ1v) is 9.80. The quantitative estimate of drug-likeness (QED) is 0.736. The fraction of sp³-hybridized carbons (Fsp3) is 0.381. The molecule has 1 fully saturated rings. The summed E-state index contributed by atoms with van der Waals surface area (Å²) < 4.78 is 1.87. The number of aromatic nitrogens is 4. The molecule has 0 radical (unpaired) electrons. The Morgan fingerprint density at radius 1 is 1.21 bits per heavy atom. The minimum absolute atomic E-state index is 0.0230. The van der Waals surface area contributed by atoms with Crippen molar-refractivity contribution in [1.29, 1.82) is 5.26 Å². The molecule has 4 rings (SSSR count). The molecule has 1 aliphatic heterocycles. The van der Waals surface area contributed by atoms with E-state index < -0.39 is 0 Å². The molecule has 3 aromatic rings. The number of nitrogens with one attached hydrogen (secondary N) is 1. The van der Waals surface area contributed by atoms with Crippen LogP contribution >= 0.6 is 0 Å². The maximum absolute atomic E-state index is 12.7. The molecule has 148 valence electrons. The molecule has 8 nitrogen and oxygen atoms in total. The van der Waals surface area contributed by atoms with Crippen LogP contribution in [0.4, 0.5) is 11.5 Å². The third kappa shape index (κ3) is 3.90. The van der Waals surface area contributed by atoms with E-state index in [2.05, 4.69) is 45.2 Å². The second kappa shape index (κ2) is 7.87. The van der Waals surface area contributed by atoms with Crippen LogP contribution in [0.3, 0.4) is 0 Å². The number of nitrogens with zero attached hydrogens (tertiary/aromatic N) is 6. The number of carbonyl (C=O) groups is 1. The van der Waals surface area contributed by atoms with Gasteiger partial charge >= 0.3 is 0 Å². The van der Waals surface area contributed by atoms with Crippen molar-refractivity contribution < 1.29 is 4.79 Å². The van der Waals surface area contributed by atoms with E-state index in [4.69, 9.17) is 5.26 Å². The van der Waals surface area contributed by atoms with Crippen molar-refractivity contribution in [3.05, 3.63) is 42.4 Å². The fourth-order valence-corrected chi connectivity index (χ4v) is 3.64. The molecule has 8 heteroatoms. The number of amides is 1. The zero-order valence-corrected chi connectivity index (χ0v) is 16.5. The highest BCUT2D eigenvalue weighted by Gasteiger charge is 2.26. The minimum Gasteiger partial charge on any atom is -0.357 e. The predicted molar refractivity (Wildman–Crippen MR) is 110 cm³/mol. The van der Waals surface area contributed by atoms with E-state index >= 15 is 0 Å². The molecule has 3 aromatic heterocycles. The molecule has 4 heterocycles. The molecule has 29 heavy (non-hydrogen) atoms. The Morgan fingerprint density at radius 3 is 2.66 bits per heavy atom. The summed E-state index contributed by atoms with van der Waals surface area (Å²) in [6.45, 7) is 5.64. The van der Waals surface area contributed by atoms with Gasteiger partial charge in [-0.25, -0.2) is 14.6 Å². The van der Waals surface area contributed by atoms with E-state index in [1.807, 2.05) is 16.8 Å². The lowest BCUT2D eigenvalue weighted by molar-refractivity contribution is -0.120. The van der Waals surface area contributed by atoms with Gasteiger partial charge in [-0.2, -0.15) is 10.4 Å². The topological polar surface area (TPSA) is 99.7 Å². The predicted octanol–water partition coefficient (Wildman–Crippen LogP) is 3.13. The van der Waals surface area contributed by atoms with Gasteiger partial charge in [0.05, 0.1) is 23.6 Å².